The maximum atomic E-state index is 12.4. The van der Waals surface area contributed by atoms with Gasteiger partial charge in [0.15, 0.2) is 0 Å². The van der Waals surface area contributed by atoms with Crippen molar-refractivity contribution in [1.82, 2.24) is 4.31 Å². The van der Waals surface area contributed by atoms with Crippen LogP contribution in [-0.2, 0) is 10.0 Å². The van der Waals surface area contributed by atoms with Crippen LogP contribution in [0.5, 0.6) is 0 Å². The van der Waals surface area contributed by atoms with Crippen LogP contribution in [-0.4, -0.2) is 25.8 Å². The lowest BCUT2D eigenvalue weighted by Gasteiger charge is -2.17. The molecule has 1 atom stereocenters. The van der Waals surface area contributed by atoms with Gasteiger partial charge < -0.3 is 0 Å². The fourth-order valence-corrected chi connectivity index (χ4v) is 4.01. The topological polar surface area (TPSA) is 37.4 Å². The lowest BCUT2D eigenvalue weighted by Crippen LogP contribution is -2.29. The number of hydrogen-bond acceptors (Lipinski definition) is 2. The zero-order valence-electron chi connectivity index (χ0n) is 29.5. The van der Waals surface area contributed by atoms with Crippen molar-refractivity contribution in [3.63, 3.8) is 0 Å². The van der Waals surface area contributed by atoms with E-state index < -0.39 is 10.0 Å². The first kappa shape index (κ1) is 53.0. The Morgan fingerprint density at radius 2 is 1.32 bits per heavy atom. The Hall–Kier alpha value is -1.39. The summed E-state index contributed by atoms with van der Waals surface area (Å²) >= 11 is 0. The molecule has 232 valence electrons. The van der Waals surface area contributed by atoms with Gasteiger partial charge in [0.2, 0.25) is 10.0 Å². The zero-order chi connectivity index (χ0) is 32.2. The Morgan fingerprint density at radius 1 is 0.868 bits per heavy atom. The predicted molar refractivity (Wildman–Crippen MR) is 184 cm³/mol. The highest BCUT2D eigenvalue weighted by Gasteiger charge is 2.30. The number of rotatable bonds is 6. The highest BCUT2D eigenvalue weighted by Crippen LogP contribution is 2.24. The molecule has 0 radical (unpaired) electrons. The Kier molecular flexibility index (Phi) is 63.4. The molecule has 0 N–H and O–H groups in total. The SMILES string of the molecule is C/C=C/CC.C=C/C(C)=C\C.CC.CC.CC.CC.CC.CC/C(=C\C=C(C)C)S(=O)(=O)N1CCC(C)C1. The summed E-state index contributed by atoms with van der Waals surface area (Å²) in [5, 5.41) is 0. The van der Waals surface area contributed by atoms with Gasteiger partial charge in [-0.1, -0.05) is 138 Å². The molecule has 0 aromatic carbocycles. The molecule has 0 amide bonds. The van der Waals surface area contributed by atoms with E-state index in [2.05, 4.69) is 32.6 Å². The van der Waals surface area contributed by atoms with Gasteiger partial charge in [0.1, 0.15) is 0 Å². The average molecular weight is 560 g/mol. The monoisotopic (exact) mass is 560 g/mol. The van der Waals surface area contributed by atoms with Crippen molar-refractivity contribution in [3.8, 4) is 0 Å². The summed E-state index contributed by atoms with van der Waals surface area (Å²) in [6.07, 6.45) is 14.3. The fourth-order valence-electron chi connectivity index (χ4n) is 2.28. The van der Waals surface area contributed by atoms with Gasteiger partial charge in [0.25, 0.3) is 0 Å². The summed E-state index contributed by atoms with van der Waals surface area (Å²) in [5.41, 5.74) is 2.34. The van der Waals surface area contributed by atoms with Crippen LogP contribution < -0.4 is 0 Å². The van der Waals surface area contributed by atoms with Gasteiger partial charge in [-0.3, -0.25) is 0 Å². The molecule has 4 heteroatoms. The third-order valence-electron chi connectivity index (χ3n) is 4.26. The number of allylic oxidation sites excluding steroid dienone is 9. The lowest BCUT2D eigenvalue weighted by atomic mass is 10.2. The standard InChI is InChI=1S/C13H23NO2S.C6H10.C5H10.5C2H6/c1-5-13(7-6-11(2)3)17(15,16)14-9-8-12(4)10-14;1-4-6(3)5-2;1-3-5-4-2;5*1-2/h6-7,12H,5,8-10H2,1-4H3;4-5H,1H2,2-3H3;3,5H,4H2,1-2H3;5*1-2H3/b13-7+;6-5-;5-3+;;;;;. The summed E-state index contributed by atoms with van der Waals surface area (Å²) in [6.45, 7) is 41.0. The molecule has 1 fully saturated rings. The van der Waals surface area contributed by atoms with E-state index in [0.29, 0.717) is 30.3 Å². The van der Waals surface area contributed by atoms with Crippen LogP contribution in [0.15, 0.2) is 59.1 Å². The number of sulfonamides is 1. The molecular weight excluding hydrogens is 486 g/mol. The van der Waals surface area contributed by atoms with Gasteiger partial charge in [-0.05, 0) is 65.9 Å². The van der Waals surface area contributed by atoms with Crippen LogP contribution in [0.2, 0.25) is 0 Å². The van der Waals surface area contributed by atoms with E-state index in [4.69, 9.17) is 0 Å². The van der Waals surface area contributed by atoms with Crippen molar-refractivity contribution in [2.45, 2.75) is 144 Å². The Labute approximate surface area is 244 Å². The quantitative estimate of drug-likeness (QED) is 0.240. The fraction of sp³-hybridized carbons (Fsp3) is 0.706. The van der Waals surface area contributed by atoms with E-state index in [1.54, 1.807) is 10.4 Å². The molecule has 0 saturated carbocycles. The van der Waals surface area contributed by atoms with Crippen LogP contribution in [0.4, 0.5) is 0 Å². The second-order valence-electron chi connectivity index (χ2n) is 7.20. The number of nitrogens with zero attached hydrogens (tertiary/aromatic N) is 1. The molecule has 1 saturated heterocycles. The minimum atomic E-state index is -3.23. The summed E-state index contributed by atoms with van der Waals surface area (Å²) < 4.78 is 26.3. The van der Waals surface area contributed by atoms with Crippen LogP contribution >= 0.6 is 0 Å². The molecule has 1 heterocycles. The zero-order valence-corrected chi connectivity index (χ0v) is 30.3. The molecule has 0 aliphatic carbocycles. The highest BCUT2D eigenvalue weighted by atomic mass is 32.2. The summed E-state index contributed by atoms with van der Waals surface area (Å²) in [5.74, 6) is 0.478. The molecule has 1 aliphatic heterocycles. The summed E-state index contributed by atoms with van der Waals surface area (Å²) in [4.78, 5) is 0.521. The van der Waals surface area contributed by atoms with Crippen molar-refractivity contribution >= 4 is 10.0 Å². The van der Waals surface area contributed by atoms with Crippen molar-refractivity contribution in [2.24, 2.45) is 5.92 Å². The second-order valence-corrected chi connectivity index (χ2v) is 9.19. The minimum absolute atomic E-state index is 0.478. The van der Waals surface area contributed by atoms with Gasteiger partial charge in [-0.25, -0.2) is 8.42 Å². The first-order valence-electron chi connectivity index (χ1n) is 15.3. The molecule has 0 aromatic heterocycles. The first-order valence-corrected chi connectivity index (χ1v) is 16.7. The minimum Gasteiger partial charge on any atom is -0.207 e. The molecule has 0 bridgehead atoms. The van der Waals surface area contributed by atoms with E-state index >= 15 is 0 Å². The number of hydrogen-bond donors (Lipinski definition) is 0. The third-order valence-corrected chi connectivity index (χ3v) is 6.36. The Morgan fingerprint density at radius 3 is 1.50 bits per heavy atom. The predicted octanol–water partition coefficient (Wildman–Crippen LogP) is 12.2. The smallest absolute Gasteiger partial charge is 0.207 e. The van der Waals surface area contributed by atoms with Crippen molar-refractivity contribution in [1.29, 1.82) is 0 Å². The molecule has 0 spiro atoms. The van der Waals surface area contributed by atoms with Gasteiger partial charge in [-0.2, -0.15) is 4.31 Å². The van der Waals surface area contributed by atoms with Crippen LogP contribution in [0.3, 0.4) is 0 Å². The maximum Gasteiger partial charge on any atom is 0.239 e. The van der Waals surface area contributed by atoms with E-state index in [1.165, 1.54) is 5.57 Å². The Balaban J connectivity index is -0.0000000760. The van der Waals surface area contributed by atoms with Gasteiger partial charge in [-0.15, -0.1) is 0 Å². The van der Waals surface area contributed by atoms with Crippen LogP contribution in [0, 0.1) is 5.92 Å². The van der Waals surface area contributed by atoms with Crippen molar-refractivity contribution in [2.75, 3.05) is 13.1 Å². The van der Waals surface area contributed by atoms with Crippen molar-refractivity contribution < 1.29 is 8.42 Å². The van der Waals surface area contributed by atoms with Crippen LogP contribution in [0.25, 0.3) is 0 Å². The Bertz CT molecular complexity index is 650. The summed E-state index contributed by atoms with van der Waals surface area (Å²) in [7, 11) is -3.23. The van der Waals surface area contributed by atoms with Crippen LogP contribution in [0.1, 0.15) is 144 Å². The molecule has 1 rings (SSSR count). The first-order chi connectivity index (χ1) is 18.1. The summed E-state index contributed by atoms with van der Waals surface area (Å²) in [6, 6.07) is 0. The van der Waals surface area contributed by atoms with E-state index in [1.807, 2.05) is 129 Å². The average Bonchev–Trinajstić information content (AvgIpc) is 3.42. The lowest BCUT2D eigenvalue weighted by molar-refractivity contribution is 0.469. The van der Waals surface area contributed by atoms with Crippen molar-refractivity contribution in [3.05, 3.63) is 59.1 Å². The molecule has 0 aromatic rings. The van der Waals surface area contributed by atoms with Gasteiger partial charge in [0.05, 0.1) is 4.91 Å². The third kappa shape index (κ3) is 36.8. The normalized spacial score (nSPS) is 14.1. The molecule has 3 nitrogen and oxygen atoms in total. The molecule has 38 heavy (non-hydrogen) atoms. The van der Waals surface area contributed by atoms with Gasteiger partial charge in [0, 0.05) is 13.1 Å². The highest BCUT2D eigenvalue weighted by molar-refractivity contribution is 7.93. The molecular formula is C34H73NO2S. The second kappa shape index (κ2) is 45.5. The van der Waals surface area contributed by atoms with Gasteiger partial charge >= 0.3 is 0 Å². The largest absolute Gasteiger partial charge is 0.239 e. The van der Waals surface area contributed by atoms with E-state index in [9.17, 15) is 8.42 Å². The maximum absolute atomic E-state index is 12.4. The molecule has 1 aliphatic rings. The molecule has 1 unspecified atom stereocenters. The van der Waals surface area contributed by atoms with E-state index in [0.717, 1.165) is 18.4 Å². The van der Waals surface area contributed by atoms with E-state index in [-0.39, 0.29) is 0 Å².